The van der Waals surface area contributed by atoms with E-state index < -0.39 is 0 Å². The predicted molar refractivity (Wildman–Crippen MR) is 51.4 cm³/mol. The zero-order chi connectivity index (χ0) is 9.68. The van der Waals surface area contributed by atoms with Crippen molar-refractivity contribution in [3.8, 4) is 5.75 Å². The lowest BCUT2D eigenvalue weighted by atomic mass is 10.2. The highest BCUT2D eigenvalue weighted by Gasteiger charge is 2.00. The molecule has 0 aliphatic rings. The molecule has 0 aliphatic carbocycles. The number of benzene rings is 1. The number of azide groups is 1. The third-order valence-electron chi connectivity index (χ3n) is 1.59. The van der Waals surface area contributed by atoms with Crippen molar-refractivity contribution < 1.29 is 4.74 Å². The first kappa shape index (κ1) is 9.71. The van der Waals surface area contributed by atoms with Crippen LogP contribution >= 0.6 is 11.6 Å². The van der Waals surface area contributed by atoms with Crippen LogP contribution in [0.3, 0.4) is 0 Å². The van der Waals surface area contributed by atoms with Gasteiger partial charge in [-0.1, -0.05) is 11.2 Å². The van der Waals surface area contributed by atoms with Crippen LogP contribution in [-0.4, -0.2) is 7.11 Å². The minimum Gasteiger partial charge on any atom is -0.497 e. The van der Waals surface area contributed by atoms with Gasteiger partial charge in [-0.05, 0) is 23.2 Å². The Morgan fingerprint density at radius 3 is 2.92 bits per heavy atom. The smallest absolute Gasteiger partial charge is 0.119 e. The highest BCUT2D eigenvalue weighted by Crippen LogP contribution is 2.26. The van der Waals surface area contributed by atoms with E-state index in [4.69, 9.17) is 21.9 Å². The lowest BCUT2D eigenvalue weighted by Gasteiger charge is -2.03. The maximum absolute atomic E-state index is 8.28. The van der Waals surface area contributed by atoms with E-state index in [-0.39, 0.29) is 0 Å². The van der Waals surface area contributed by atoms with Gasteiger partial charge in [0.25, 0.3) is 0 Å². The van der Waals surface area contributed by atoms with E-state index in [9.17, 15) is 0 Å². The Balaban J connectivity index is 3.17. The van der Waals surface area contributed by atoms with Gasteiger partial charge in [-0.2, -0.15) is 0 Å². The molecule has 0 amide bonds. The number of methoxy groups -OCH3 is 1. The molecular formula is C8H8ClN3O. The number of hydrogen-bond acceptors (Lipinski definition) is 2. The van der Waals surface area contributed by atoms with E-state index in [1.807, 2.05) is 0 Å². The number of ether oxygens (including phenoxy) is 1. The van der Waals surface area contributed by atoms with Crippen molar-refractivity contribution in [3.63, 3.8) is 0 Å². The molecule has 0 radical (unpaired) electrons. The summed E-state index contributed by atoms with van der Waals surface area (Å²) in [4.78, 5) is 2.70. The van der Waals surface area contributed by atoms with Crippen LogP contribution in [0, 0.1) is 0 Å². The van der Waals surface area contributed by atoms with E-state index in [1.54, 1.807) is 25.3 Å². The van der Waals surface area contributed by atoms with Crippen LogP contribution in [-0.2, 0) is 5.88 Å². The van der Waals surface area contributed by atoms with Crippen LogP contribution in [0.15, 0.2) is 23.3 Å². The summed E-state index contributed by atoms with van der Waals surface area (Å²) in [5.74, 6) is 0.967. The Labute approximate surface area is 80.7 Å². The van der Waals surface area contributed by atoms with Crippen molar-refractivity contribution in [1.29, 1.82) is 0 Å². The normalized spacial score (nSPS) is 9.08. The predicted octanol–water partition coefficient (Wildman–Crippen LogP) is 3.38. The van der Waals surface area contributed by atoms with Crippen molar-refractivity contribution in [2.45, 2.75) is 5.88 Å². The second kappa shape index (κ2) is 4.60. The standard InChI is InChI=1S/C8H8ClN3O/c1-13-7-3-2-6(5-9)8(4-7)11-12-10/h2-4H,5H2,1H3. The van der Waals surface area contributed by atoms with Gasteiger partial charge in [-0.3, -0.25) is 0 Å². The van der Waals surface area contributed by atoms with Gasteiger partial charge in [0.15, 0.2) is 0 Å². The van der Waals surface area contributed by atoms with Crippen LogP contribution in [0.2, 0.25) is 0 Å². The lowest BCUT2D eigenvalue weighted by molar-refractivity contribution is 0.415. The van der Waals surface area contributed by atoms with Crippen LogP contribution in [0.5, 0.6) is 5.75 Å². The summed E-state index contributed by atoms with van der Waals surface area (Å²) in [5.41, 5.74) is 9.58. The van der Waals surface area contributed by atoms with E-state index in [1.165, 1.54) is 0 Å². The summed E-state index contributed by atoms with van der Waals surface area (Å²) in [6.45, 7) is 0. The monoisotopic (exact) mass is 197 g/mol. The molecule has 0 atom stereocenters. The maximum Gasteiger partial charge on any atom is 0.119 e. The number of hydrogen-bond donors (Lipinski definition) is 0. The first-order valence-electron chi connectivity index (χ1n) is 3.59. The van der Waals surface area contributed by atoms with Crippen LogP contribution in [0.1, 0.15) is 5.56 Å². The summed E-state index contributed by atoms with van der Waals surface area (Å²) in [7, 11) is 1.55. The van der Waals surface area contributed by atoms with Crippen LogP contribution < -0.4 is 4.74 Å². The Morgan fingerprint density at radius 2 is 2.38 bits per heavy atom. The molecule has 0 aliphatic heterocycles. The minimum absolute atomic E-state index is 0.318. The van der Waals surface area contributed by atoms with Crippen molar-refractivity contribution >= 4 is 17.3 Å². The average Bonchev–Trinajstić information content (AvgIpc) is 2.18. The fourth-order valence-electron chi connectivity index (χ4n) is 0.925. The second-order valence-electron chi connectivity index (χ2n) is 2.32. The minimum atomic E-state index is 0.318. The first-order chi connectivity index (χ1) is 6.31. The molecule has 0 aromatic heterocycles. The highest BCUT2D eigenvalue weighted by atomic mass is 35.5. The molecule has 0 heterocycles. The molecule has 1 rings (SSSR count). The van der Waals surface area contributed by atoms with Crippen molar-refractivity contribution in [3.05, 3.63) is 34.2 Å². The second-order valence-corrected chi connectivity index (χ2v) is 2.58. The molecule has 0 saturated heterocycles. The van der Waals surface area contributed by atoms with Crippen molar-refractivity contribution in [1.82, 2.24) is 0 Å². The molecule has 4 nitrogen and oxygen atoms in total. The average molecular weight is 198 g/mol. The number of halogens is 1. The molecule has 68 valence electrons. The molecule has 13 heavy (non-hydrogen) atoms. The lowest BCUT2D eigenvalue weighted by Crippen LogP contribution is -1.84. The molecule has 0 spiro atoms. The molecule has 1 aromatic carbocycles. The molecule has 0 N–H and O–H groups in total. The van der Waals surface area contributed by atoms with E-state index in [2.05, 4.69) is 10.0 Å². The Bertz CT molecular complexity index is 347. The number of nitrogens with zero attached hydrogens (tertiary/aromatic N) is 3. The summed E-state index contributed by atoms with van der Waals surface area (Å²) in [6, 6.07) is 5.20. The van der Waals surface area contributed by atoms with Gasteiger partial charge in [0.05, 0.1) is 7.11 Å². The first-order valence-corrected chi connectivity index (χ1v) is 4.13. The van der Waals surface area contributed by atoms with E-state index >= 15 is 0 Å². The van der Waals surface area contributed by atoms with Crippen LogP contribution in [0.25, 0.3) is 10.4 Å². The molecule has 0 fully saturated rings. The largest absolute Gasteiger partial charge is 0.497 e. The van der Waals surface area contributed by atoms with Gasteiger partial charge in [0.2, 0.25) is 0 Å². The fraction of sp³-hybridized carbons (Fsp3) is 0.250. The topological polar surface area (TPSA) is 58.0 Å². The number of alkyl halides is 1. The summed E-state index contributed by atoms with van der Waals surface area (Å²) >= 11 is 5.64. The quantitative estimate of drug-likeness (QED) is 0.317. The van der Waals surface area contributed by atoms with Gasteiger partial charge < -0.3 is 4.74 Å². The zero-order valence-corrected chi connectivity index (χ0v) is 7.82. The molecule has 0 unspecified atom stereocenters. The van der Waals surface area contributed by atoms with Crippen molar-refractivity contribution in [2.24, 2.45) is 5.11 Å². The highest BCUT2D eigenvalue weighted by molar-refractivity contribution is 6.17. The Kier molecular flexibility index (Phi) is 3.43. The van der Waals surface area contributed by atoms with E-state index in [0.717, 1.165) is 5.56 Å². The fourth-order valence-corrected chi connectivity index (χ4v) is 1.15. The van der Waals surface area contributed by atoms with Crippen LogP contribution in [0.4, 0.5) is 5.69 Å². The number of rotatable bonds is 3. The maximum atomic E-state index is 8.28. The molecule has 5 heteroatoms. The summed E-state index contributed by atoms with van der Waals surface area (Å²) in [5, 5.41) is 3.50. The summed E-state index contributed by atoms with van der Waals surface area (Å²) < 4.78 is 4.97. The van der Waals surface area contributed by atoms with Gasteiger partial charge in [-0.25, -0.2) is 0 Å². The van der Waals surface area contributed by atoms with Gasteiger partial charge in [0, 0.05) is 16.5 Å². The zero-order valence-electron chi connectivity index (χ0n) is 7.07. The van der Waals surface area contributed by atoms with Gasteiger partial charge in [0.1, 0.15) is 5.75 Å². The summed E-state index contributed by atoms with van der Waals surface area (Å²) in [6.07, 6.45) is 0. The van der Waals surface area contributed by atoms with Gasteiger partial charge in [-0.15, -0.1) is 11.6 Å². The third kappa shape index (κ3) is 2.28. The molecule has 1 aromatic rings. The third-order valence-corrected chi connectivity index (χ3v) is 1.88. The Morgan fingerprint density at radius 1 is 1.62 bits per heavy atom. The van der Waals surface area contributed by atoms with Gasteiger partial charge >= 0.3 is 0 Å². The molecule has 0 bridgehead atoms. The van der Waals surface area contributed by atoms with Crippen molar-refractivity contribution in [2.75, 3.05) is 7.11 Å². The molecular weight excluding hydrogens is 190 g/mol. The Hall–Kier alpha value is -1.38. The van der Waals surface area contributed by atoms with E-state index in [0.29, 0.717) is 17.3 Å². The SMILES string of the molecule is COc1ccc(CCl)c(N=[N+]=[N-])c1. The molecule has 0 saturated carbocycles.